The Morgan fingerprint density at radius 3 is 2.19 bits per heavy atom. The van der Waals surface area contributed by atoms with E-state index >= 15 is 0 Å². The van der Waals surface area contributed by atoms with E-state index in [-0.39, 0.29) is 18.4 Å². The number of benzene rings is 2. The van der Waals surface area contributed by atoms with Crippen LogP contribution in [-0.2, 0) is 23.8 Å². The van der Waals surface area contributed by atoms with Gasteiger partial charge in [-0.15, -0.1) is 0 Å². The lowest BCUT2D eigenvalue weighted by Crippen LogP contribution is -2.36. The molecule has 0 spiro atoms. The van der Waals surface area contributed by atoms with Crippen LogP contribution in [0.25, 0.3) is 0 Å². The number of amidine groups is 1. The highest BCUT2D eigenvalue weighted by Gasteiger charge is 2.27. The van der Waals surface area contributed by atoms with Crippen LogP contribution in [0, 0.1) is 5.41 Å². The standard InChI is InChI=1S/C31H43N3O8/c1-7-38-23-17-18-25(41-19-11-10-12-26(35)39-8-2)24(20-23)27(29(36)40-9-3)33-22-15-13-21(14-16-22)28(32)34-30(37)42-31(4,5)6/h13-18,20,27,33H,7-12,19H2,1-6H3,(H2,32,34,37). The summed E-state index contributed by atoms with van der Waals surface area (Å²) in [4.78, 5) is 36.8. The Labute approximate surface area is 247 Å². The fourth-order valence-corrected chi connectivity index (χ4v) is 3.79. The second kappa shape index (κ2) is 16.9. The topological polar surface area (TPSA) is 145 Å². The van der Waals surface area contributed by atoms with Crippen LogP contribution in [0.2, 0.25) is 0 Å². The summed E-state index contributed by atoms with van der Waals surface area (Å²) in [5.41, 5.74) is 0.854. The van der Waals surface area contributed by atoms with Crippen molar-refractivity contribution in [3.05, 3.63) is 53.6 Å². The van der Waals surface area contributed by atoms with Crippen molar-refractivity contribution >= 4 is 29.6 Å². The average Bonchev–Trinajstić information content (AvgIpc) is 2.92. The van der Waals surface area contributed by atoms with E-state index in [4.69, 9.17) is 29.1 Å². The predicted molar refractivity (Wildman–Crippen MR) is 159 cm³/mol. The first-order valence-corrected chi connectivity index (χ1v) is 14.1. The zero-order chi connectivity index (χ0) is 31.1. The maximum atomic E-state index is 13.2. The van der Waals surface area contributed by atoms with Crippen LogP contribution in [0.5, 0.6) is 11.5 Å². The number of rotatable bonds is 15. The summed E-state index contributed by atoms with van der Waals surface area (Å²) < 4.78 is 27.3. The number of unbranched alkanes of at least 4 members (excludes halogenated alkanes) is 1. The van der Waals surface area contributed by atoms with Crippen LogP contribution in [0.4, 0.5) is 10.5 Å². The first-order chi connectivity index (χ1) is 20.0. The fourth-order valence-electron chi connectivity index (χ4n) is 3.79. The number of amides is 1. The van der Waals surface area contributed by atoms with Gasteiger partial charge in [-0.2, -0.15) is 0 Å². The van der Waals surface area contributed by atoms with Gasteiger partial charge in [0.05, 0.1) is 26.4 Å². The van der Waals surface area contributed by atoms with Crippen LogP contribution >= 0.6 is 0 Å². The van der Waals surface area contributed by atoms with E-state index in [0.717, 1.165) is 0 Å². The van der Waals surface area contributed by atoms with Gasteiger partial charge >= 0.3 is 18.0 Å². The molecule has 11 heteroatoms. The molecule has 0 heterocycles. The third kappa shape index (κ3) is 11.7. The lowest BCUT2D eigenvalue weighted by atomic mass is 10.0. The Kier molecular flexibility index (Phi) is 13.6. The zero-order valence-electron chi connectivity index (χ0n) is 25.3. The second-order valence-electron chi connectivity index (χ2n) is 10.2. The van der Waals surface area contributed by atoms with Crippen LogP contribution in [0.15, 0.2) is 42.5 Å². The number of ether oxygens (including phenoxy) is 5. The van der Waals surface area contributed by atoms with Crippen LogP contribution in [0.1, 0.15) is 78.0 Å². The van der Waals surface area contributed by atoms with Gasteiger partial charge in [-0.1, -0.05) is 0 Å². The smallest absolute Gasteiger partial charge is 0.413 e. The fraction of sp³-hybridized carbons (Fsp3) is 0.484. The molecule has 230 valence electrons. The molecule has 0 fully saturated rings. The van der Waals surface area contributed by atoms with Gasteiger partial charge in [-0.25, -0.2) is 9.59 Å². The van der Waals surface area contributed by atoms with E-state index < -0.39 is 23.7 Å². The summed E-state index contributed by atoms with van der Waals surface area (Å²) in [6, 6.07) is 11.0. The highest BCUT2D eigenvalue weighted by atomic mass is 16.6. The summed E-state index contributed by atoms with van der Waals surface area (Å²) in [5.74, 6) is 0.158. The van der Waals surface area contributed by atoms with Crippen molar-refractivity contribution in [3.8, 4) is 11.5 Å². The van der Waals surface area contributed by atoms with Crippen molar-refractivity contribution in [3.63, 3.8) is 0 Å². The summed E-state index contributed by atoms with van der Waals surface area (Å²) in [6.07, 6.45) is 0.809. The SMILES string of the molecule is CCOC(=O)CCCCOc1ccc(OCC)cc1C(Nc1ccc(C(=N)NC(=O)OC(C)(C)C)cc1)C(=O)OCC. The minimum absolute atomic E-state index is 0.124. The summed E-state index contributed by atoms with van der Waals surface area (Å²) in [5, 5.41) is 13.8. The zero-order valence-corrected chi connectivity index (χ0v) is 25.3. The van der Waals surface area contributed by atoms with Crippen molar-refractivity contribution in [2.75, 3.05) is 31.7 Å². The van der Waals surface area contributed by atoms with E-state index in [9.17, 15) is 14.4 Å². The van der Waals surface area contributed by atoms with Gasteiger partial charge in [-0.3, -0.25) is 15.5 Å². The Hall–Kier alpha value is -4.28. The van der Waals surface area contributed by atoms with Crippen molar-refractivity contribution < 1.29 is 38.1 Å². The minimum atomic E-state index is -0.940. The molecular formula is C31H43N3O8. The molecule has 0 saturated carbocycles. The largest absolute Gasteiger partial charge is 0.494 e. The Bertz CT molecular complexity index is 1190. The van der Waals surface area contributed by atoms with Gasteiger partial charge in [0, 0.05) is 23.2 Å². The Balaban J connectivity index is 2.23. The van der Waals surface area contributed by atoms with Gasteiger partial charge in [0.2, 0.25) is 0 Å². The molecule has 3 N–H and O–H groups in total. The van der Waals surface area contributed by atoms with Crippen LogP contribution in [-0.4, -0.2) is 55.9 Å². The number of alkyl carbamates (subject to hydrolysis) is 1. The molecule has 1 amide bonds. The van der Waals surface area contributed by atoms with Gasteiger partial charge in [-0.05, 0) is 96.8 Å². The lowest BCUT2D eigenvalue weighted by Gasteiger charge is -2.22. The highest BCUT2D eigenvalue weighted by Crippen LogP contribution is 2.33. The highest BCUT2D eigenvalue weighted by molar-refractivity contribution is 6.04. The molecule has 1 atom stereocenters. The monoisotopic (exact) mass is 585 g/mol. The first-order valence-electron chi connectivity index (χ1n) is 14.1. The average molecular weight is 586 g/mol. The first kappa shape index (κ1) is 33.9. The predicted octanol–water partition coefficient (Wildman–Crippen LogP) is 5.76. The molecule has 1 unspecified atom stereocenters. The van der Waals surface area contributed by atoms with Crippen molar-refractivity contribution in [1.82, 2.24) is 5.32 Å². The maximum Gasteiger partial charge on any atom is 0.413 e. The van der Waals surface area contributed by atoms with Gasteiger partial charge < -0.3 is 29.0 Å². The molecule has 0 aliphatic rings. The minimum Gasteiger partial charge on any atom is -0.494 e. The van der Waals surface area contributed by atoms with Crippen molar-refractivity contribution in [2.24, 2.45) is 0 Å². The van der Waals surface area contributed by atoms with E-state index in [2.05, 4.69) is 10.6 Å². The molecule has 0 aliphatic heterocycles. The second-order valence-corrected chi connectivity index (χ2v) is 10.2. The summed E-state index contributed by atoms with van der Waals surface area (Å²) in [7, 11) is 0. The van der Waals surface area contributed by atoms with E-state index in [1.165, 1.54) is 0 Å². The van der Waals surface area contributed by atoms with E-state index in [1.807, 2.05) is 6.92 Å². The van der Waals surface area contributed by atoms with Gasteiger partial charge in [0.1, 0.15) is 22.9 Å². The quantitative estimate of drug-likeness (QED) is 0.0780. The Morgan fingerprint density at radius 2 is 1.57 bits per heavy atom. The third-order valence-corrected chi connectivity index (χ3v) is 5.57. The van der Waals surface area contributed by atoms with Crippen molar-refractivity contribution in [2.45, 2.75) is 72.4 Å². The molecule has 0 aromatic heterocycles. The third-order valence-electron chi connectivity index (χ3n) is 5.57. The number of nitrogens with one attached hydrogen (secondary N) is 3. The Morgan fingerprint density at radius 1 is 0.881 bits per heavy atom. The number of carbonyl (C=O) groups excluding carboxylic acids is 3. The van der Waals surface area contributed by atoms with E-state index in [0.29, 0.717) is 67.4 Å². The normalized spacial score (nSPS) is 11.6. The molecule has 2 rings (SSSR count). The van der Waals surface area contributed by atoms with E-state index in [1.54, 1.807) is 77.1 Å². The van der Waals surface area contributed by atoms with Crippen LogP contribution < -0.4 is 20.1 Å². The molecule has 0 saturated heterocycles. The molecule has 42 heavy (non-hydrogen) atoms. The molecule has 0 aliphatic carbocycles. The maximum absolute atomic E-state index is 13.2. The summed E-state index contributed by atoms with van der Waals surface area (Å²) >= 11 is 0. The molecule has 2 aromatic rings. The molecule has 0 bridgehead atoms. The number of anilines is 1. The molecule has 0 radical (unpaired) electrons. The number of carbonyl (C=O) groups is 3. The number of esters is 2. The lowest BCUT2D eigenvalue weighted by molar-refractivity contribution is -0.144. The van der Waals surface area contributed by atoms with Gasteiger partial charge in [0.15, 0.2) is 6.04 Å². The molecule has 11 nitrogen and oxygen atoms in total. The molecule has 2 aromatic carbocycles. The van der Waals surface area contributed by atoms with Crippen LogP contribution in [0.3, 0.4) is 0 Å². The number of hydrogen-bond acceptors (Lipinski definition) is 10. The summed E-state index contributed by atoms with van der Waals surface area (Å²) in [6.45, 7) is 11.9. The van der Waals surface area contributed by atoms with Crippen molar-refractivity contribution in [1.29, 1.82) is 5.41 Å². The number of hydrogen-bond donors (Lipinski definition) is 3. The van der Waals surface area contributed by atoms with Gasteiger partial charge in [0.25, 0.3) is 0 Å². The molecular weight excluding hydrogens is 542 g/mol.